The Balaban J connectivity index is 1.74. The quantitative estimate of drug-likeness (QED) is 0.631. The second-order valence-corrected chi connectivity index (χ2v) is 8.28. The average molecular weight is 422 g/mol. The van der Waals surface area contributed by atoms with Crippen LogP contribution in [0, 0.1) is 5.92 Å². The summed E-state index contributed by atoms with van der Waals surface area (Å²) in [7, 11) is 0. The summed E-state index contributed by atoms with van der Waals surface area (Å²) >= 11 is 7.33. The standard InChI is InChI=1S/C21H24ClNO4S/c1-3-13-5-10-16-17(11-13)28-20(19(16)21(25)26-4-2)23-18(24)12-27-15-8-6-14(22)7-9-15/h6-9,13H,3-5,10-12H2,1-2H3,(H,23,24)/t13-/m1/s1. The topological polar surface area (TPSA) is 64.6 Å². The van der Waals surface area contributed by atoms with Gasteiger partial charge in [-0.25, -0.2) is 4.79 Å². The maximum atomic E-state index is 12.5. The van der Waals surface area contributed by atoms with Crippen LogP contribution in [0.5, 0.6) is 5.75 Å². The number of carbonyl (C=O) groups is 2. The number of ether oxygens (including phenoxy) is 2. The van der Waals surface area contributed by atoms with Crippen molar-refractivity contribution in [2.45, 2.75) is 39.5 Å². The third kappa shape index (κ3) is 4.86. The fourth-order valence-electron chi connectivity index (χ4n) is 3.35. The molecule has 0 bridgehead atoms. The van der Waals surface area contributed by atoms with Crippen LogP contribution in [0.1, 0.15) is 47.5 Å². The lowest BCUT2D eigenvalue weighted by atomic mass is 9.85. The number of rotatable bonds is 7. The zero-order chi connectivity index (χ0) is 20.1. The molecule has 0 radical (unpaired) electrons. The molecule has 0 spiro atoms. The number of benzene rings is 1. The van der Waals surface area contributed by atoms with Gasteiger partial charge in [0.15, 0.2) is 6.61 Å². The number of nitrogens with one attached hydrogen (secondary N) is 1. The van der Waals surface area contributed by atoms with Gasteiger partial charge in [-0.05, 0) is 61.9 Å². The van der Waals surface area contributed by atoms with Gasteiger partial charge in [0.05, 0.1) is 12.2 Å². The highest BCUT2D eigenvalue weighted by atomic mass is 35.5. The fourth-order valence-corrected chi connectivity index (χ4v) is 4.84. The van der Waals surface area contributed by atoms with Crippen molar-refractivity contribution in [2.75, 3.05) is 18.5 Å². The van der Waals surface area contributed by atoms with E-state index >= 15 is 0 Å². The highest BCUT2D eigenvalue weighted by Crippen LogP contribution is 2.40. The van der Waals surface area contributed by atoms with Crippen molar-refractivity contribution in [3.63, 3.8) is 0 Å². The summed E-state index contributed by atoms with van der Waals surface area (Å²) in [6.45, 7) is 4.12. The van der Waals surface area contributed by atoms with Crippen molar-refractivity contribution in [2.24, 2.45) is 5.92 Å². The number of fused-ring (bicyclic) bond motifs is 1. The molecule has 1 aliphatic carbocycles. The minimum atomic E-state index is -0.371. The minimum absolute atomic E-state index is 0.149. The zero-order valence-electron chi connectivity index (χ0n) is 16.0. The molecule has 7 heteroatoms. The molecule has 0 saturated heterocycles. The van der Waals surface area contributed by atoms with Crippen LogP contribution in [0.2, 0.25) is 5.02 Å². The smallest absolute Gasteiger partial charge is 0.341 e. The fraction of sp³-hybridized carbons (Fsp3) is 0.429. The highest BCUT2D eigenvalue weighted by molar-refractivity contribution is 7.17. The first-order valence-corrected chi connectivity index (χ1v) is 10.7. The van der Waals surface area contributed by atoms with E-state index in [0.717, 1.165) is 31.2 Å². The maximum Gasteiger partial charge on any atom is 0.341 e. The van der Waals surface area contributed by atoms with E-state index in [-0.39, 0.29) is 18.5 Å². The Morgan fingerprint density at radius 2 is 2.00 bits per heavy atom. The predicted octanol–water partition coefficient (Wildman–Crippen LogP) is 5.11. The number of amides is 1. The molecule has 2 aromatic rings. The lowest BCUT2D eigenvalue weighted by Gasteiger charge is -2.20. The van der Waals surface area contributed by atoms with Gasteiger partial charge in [-0.2, -0.15) is 0 Å². The van der Waals surface area contributed by atoms with E-state index in [9.17, 15) is 9.59 Å². The second kappa shape index (κ2) is 9.43. The Kier molecular flexibility index (Phi) is 6.97. The lowest BCUT2D eigenvalue weighted by molar-refractivity contribution is -0.118. The molecule has 150 valence electrons. The molecule has 0 saturated carbocycles. The van der Waals surface area contributed by atoms with Gasteiger partial charge in [-0.1, -0.05) is 24.9 Å². The SMILES string of the molecule is CCOC(=O)c1c(NC(=O)COc2ccc(Cl)cc2)sc2c1CC[C@@H](CC)C2. The Morgan fingerprint density at radius 1 is 1.25 bits per heavy atom. The van der Waals surface area contributed by atoms with Gasteiger partial charge in [0.1, 0.15) is 10.8 Å². The molecule has 28 heavy (non-hydrogen) atoms. The Labute approximate surface area is 174 Å². The summed E-state index contributed by atoms with van der Waals surface area (Å²) in [5.41, 5.74) is 1.54. The number of esters is 1. The molecule has 5 nitrogen and oxygen atoms in total. The molecule has 3 rings (SSSR count). The van der Waals surface area contributed by atoms with Crippen LogP contribution in [-0.2, 0) is 22.4 Å². The summed E-state index contributed by atoms with van der Waals surface area (Å²) < 4.78 is 10.7. The van der Waals surface area contributed by atoms with Gasteiger partial charge in [0.2, 0.25) is 0 Å². The van der Waals surface area contributed by atoms with Gasteiger partial charge < -0.3 is 14.8 Å². The van der Waals surface area contributed by atoms with Crippen LogP contribution in [0.15, 0.2) is 24.3 Å². The van der Waals surface area contributed by atoms with Gasteiger partial charge in [0.25, 0.3) is 5.91 Å². The number of hydrogen-bond donors (Lipinski definition) is 1. The van der Waals surface area contributed by atoms with E-state index in [1.807, 2.05) is 0 Å². The van der Waals surface area contributed by atoms with Gasteiger partial charge in [-0.15, -0.1) is 11.3 Å². The monoisotopic (exact) mass is 421 g/mol. The Bertz CT molecular complexity index is 847. The normalized spacial score (nSPS) is 15.6. The van der Waals surface area contributed by atoms with Gasteiger partial charge in [-0.3, -0.25) is 4.79 Å². The predicted molar refractivity (Wildman–Crippen MR) is 112 cm³/mol. The van der Waals surface area contributed by atoms with Crippen molar-refractivity contribution < 1.29 is 19.1 Å². The van der Waals surface area contributed by atoms with Crippen molar-refractivity contribution in [3.8, 4) is 5.75 Å². The third-order valence-corrected chi connectivity index (χ3v) is 6.28. The van der Waals surface area contributed by atoms with E-state index in [2.05, 4.69) is 12.2 Å². The molecule has 1 aromatic heterocycles. The van der Waals surface area contributed by atoms with Crippen molar-refractivity contribution >= 4 is 39.8 Å². The summed E-state index contributed by atoms with van der Waals surface area (Å²) in [6.07, 6.45) is 3.96. The van der Waals surface area contributed by atoms with E-state index in [1.165, 1.54) is 16.2 Å². The number of hydrogen-bond acceptors (Lipinski definition) is 5. The molecular weight excluding hydrogens is 398 g/mol. The molecule has 0 fully saturated rings. The Morgan fingerprint density at radius 3 is 2.68 bits per heavy atom. The molecular formula is C21H24ClNO4S. The van der Waals surface area contributed by atoms with Gasteiger partial charge in [0, 0.05) is 9.90 Å². The first-order chi connectivity index (χ1) is 13.5. The molecule has 1 N–H and O–H groups in total. The van der Waals surface area contributed by atoms with Crippen molar-refractivity contribution in [3.05, 3.63) is 45.3 Å². The van der Waals surface area contributed by atoms with Crippen molar-refractivity contribution in [1.82, 2.24) is 0 Å². The van der Waals surface area contributed by atoms with Crippen LogP contribution >= 0.6 is 22.9 Å². The minimum Gasteiger partial charge on any atom is -0.484 e. The molecule has 1 amide bonds. The maximum absolute atomic E-state index is 12.5. The molecule has 1 aliphatic rings. The van der Waals surface area contributed by atoms with Crippen molar-refractivity contribution in [1.29, 1.82) is 0 Å². The van der Waals surface area contributed by atoms with E-state index in [0.29, 0.717) is 33.9 Å². The Hall–Kier alpha value is -2.05. The van der Waals surface area contributed by atoms with Gasteiger partial charge >= 0.3 is 5.97 Å². The number of thiophene rings is 1. The summed E-state index contributed by atoms with van der Waals surface area (Å²) in [6, 6.07) is 6.80. The molecule has 1 aromatic carbocycles. The zero-order valence-corrected chi connectivity index (χ0v) is 17.6. The lowest BCUT2D eigenvalue weighted by Crippen LogP contribution is -2.21. The molecule has 0 unspecified atom stereocenters. The van der Waals surface area contributed by atoms with Crippen LogP contribution < -0.4 is 10.1 Å². The largest absolute Gasteiger partial charge is 0.484 e. The second-order valence-electron chi connectivity index (χ2n) is 6.74. The van der Waals surface area contributed by atoms with Crippen LogP contribution in [0.3, 0.4) is 0 Å². The first-order valence-electron chi connectivity index (χ1n) is 9.51. The van der Waals surface area contributed by atoms with E-state index in [1.54, 1.807) is 31.2 Å². The van der Waals surface area contributed by atoms with Crippen LogP contribution in [0.4, 0.5) is 5.00 Å². The molecule has 0 aliphatic heterocycles. The van der Waals surface area contributed by atoms with Crippen LogP contribution in [-0.4, -0.2) is 25.1 Å². The summed E-state index contributed by atoms with van der Waals surface area (Å²) in [4.78, 5) is 26.1. The highest BCUT2D eigenvalue weighted by Gasteiger charge is 2.29. The number of anilines is 1. The molecule has 1 heterocycles. The van der Waals surface area contributed by atoms with E-state index in [4.69, 9.17) is 21.1 Å². The summed E-state index contributed by atoms with van der Waals surface area (Å²) in [5.74, 6) is 0.495. The van der Waals surface area contributed by atoms with Crippen LogP contribution in [0.25, 0.3) is 0 Å². The third-order valence-electron chi connectivity index (χ3n) is 4.86. The summed E-state index contributed by atoms with van der Waals surface area (Å²) in [5, 5.41) is 4.01. The first kappa shape index (κ1) is 20.7. The number of carbonyl (C=O) groups excluding carboxylic acids is 2. The molecule has 1 atom stereocenters. The number of halogens is 1. The van der Waals surface area contributed by atoms with E-state index < -0.39 is 0 Å². The average Bonchev–Trinajstić information content (AvgIpc) is 3.04.